The predicted molar refractivity (Wildman–Crippen MR) is 110 cm³/mol. The lowest BCUT2D eigenvalue weighted by Crippen LogP contribution is -2.42. The summed E-state index contributed by atoms with van der Waals surface area (Å²) in [6.45, 7) is -0.805. The molecule has 2 rings (SSSR count). The van der Waals surface area contributed by atoms with Gasteiger partial charge in [0.05, 0.1) is 16.8 Å². The summed E-state index contributed by atoms with van der Waals surface area (Å²) in [7, 11) is -0.170. The van der Waals surface area contributed by atoms with Gasteiger partial charge in [-0.05, 0) is 12.1 Å². The number of halogens is 5. The van der Waals surface area contributed by atoms with Crippen LogP contribution in [0.5, 0.6) is 5.75 Å². The summed E-state index contributed by atoms with van der Waals surface area (Å²) in [5.41, 5.74) is -1.52. The number of nitrogens with one attached hydrogen (secondary N) is 1. The van der Waals surface area contributed by atoms with Crippen LogP contribution in [0.25, 0.3) is 11.5 Å². The Morgan fingerprint density at radius 3 is 2.38 bits per heavy atom. The second-order valence-electron chi connectivity index (χ2n) is 6.83. The first kappa shape index (κ1) is 26.9. The van der Waals surface area contributed by atoms with Crippen LogP contribution in [-0.2, 0) is 16.9 Å². The number of ether oxygens (including phenoxy) is 1. The van der Waals surface area contributed by atoms with Crippen LogP contribution in [0.3, 0.4) is 0 Å². The molecule has 1 N–H and O–H groups in total. The average molecular weight is 513 g/mol. The monoisotopic (exact) mass is 513 g/mol. The van der Waals surface area contributed by atoms with Gasteiger partial charge in [0.15, 0.2) is 22.3 Å². The van der Waals surface area contributed by atoms with Crippen LogP contribution in [-0.4, -0.2) is 67.5 Å². The topological polar surface area (TPSA) is 123 Å². The van der Waals surface area contributed by atoms with Gasteiger partial charge >= 0.3 is 18.1 Å². The Kier molecular flexibility index (Phi) is 7.54. The van der Waals surface area contributed by atoms with E-state index in [0.29, 0.717) is 10.8 Å². The molecule has 0 aliphatic rings. The van der Waals surface area contributed by atoms with Crippen molar-refractivity contribution >= 4 is 21.7 Å². The molecule has 0 fully saturated rings. The number of nitrogens with zero attached hydrogens (tertiary/aromatic N) is 4. The third kappa shape index (κ3) is 5.26. The summed E-state index contributed by atoms with van der Waals surface area (Å²) in [6, 6.07) is 1.80. The minimum absolute atomic E-state index is 0.0243. The Labute approximate surface area is 190 Å². The molecular weight excluding hydrogens is 493 g/mol. The lowest BCUT2D eigenvalue weighted by molar-refractivity contribution is -0.290. The smallest absolute Gasteiger partial charge is 0.456 e. The van der Waals surface area contributed by atoms with E-state index in [1.165, 1.54) is 27.1 Å². The molecule has 2 aromatic rings. The van der Waals surface area contributed by atoms with Crippen molar-refractivity contribution in [3.05, 3.63) is 28.7 Å². The maximum absolute atomic E-state index is 13.1. The van der Waals surface area contributed by atoms with Crippen molar-refractivity contribution in [1.82, 2.24) is 19.9 Å². The number of urea groups is 1. The highest BCUT2D eigenvalue weighted by Gasteiger charge is 2.58. The van der Waals surface area contributed by atoms with Crippen molar-refractivity contribution in [2.45, 2.75) is 23.9 Å². The Hall–Kier alpha value is -3.30. The Morgan fingerprint density at radius 1 is 1.24 bits per heavy atom. The summed E-state index contributed by atoms with van der Waals surface area (Å²) in [5, 5.41) is 2.34. The van der Waals surface area contributed by atoms with Crippen LogP contribution in [0.15, 0.2) is 28.0 Å². The minimum atomic E-state index is -5.89. The zero-order chi connectivity index (χ0) is 26.1. The summed E-state index contributed by atoms with van der Waals surface area (Å²) in [4.78, 5) is 33.1. The van der Waals surface area contributed by atoms with Gasteiger partial charge in [-0.25, -0.2) is 23.2 Å². The number of carbonyl (C=O) groups is 1. The van der Waals surface area contributed by atoms with E-state index in [1.54, 1.807) is 0 Å². The van der Waals surface area contributed by atoms with Crippen molar-refractivity contribution in [1.29, 1.82) is 0 Å². The fourth-order valence-electron chi connectivity index (χ4n) is 2.55. The predicted octanol–water partition coefficient (Wildman–Crippen LogP) is 1.99. The highest BCUT2D eigenvalue weighted by Crippen LogP contribution is 2.35. The minimum Gasteiger partial charge on any atom is -0.480 e. The molecule has 10 nitrogen and oxygen atoms in total. The summed E-state index contributed by atoms with van der Waals surface area (Å²) in [6.07, 6.45) is -5.31. The van der Waals surface area contributed by atoms with E-state index in [1.807, 2.05) is 0 Å². The van der Waals surface area contributed by atoms with E-state index >= 15 is 0 Å². The number of hydrogen-bond donors (Lipinski definition) is 1. The molecule has 2 aromatic heterocycles. The van der Waals surface area contributed by atoms with Gasteiger partial charge in [-0.3, -0.25) is 14.3 Å². The van der Waals surface area contributed by atoms with Crippen LogP contribution in [0.2, 0.25) is 0 Å². The first-order valence-electron chi connectivity index (χ1n) is 9.40. The number of alkyl halides is 5. The number of pyridine rings is 1. The highest BCUT2D eigenvalue weighted by molar-refractivity contribution is 7.91. The van der Waals surface area contributed by atoms with Gasteiger partial charge in [0, 0.05) is 21.1 Å². The molecule has 188 valence electrons. The second-order valence-corrected chi connectivity index (χ2v) is 9.08. The van der Waals surface area contributed by atoms with Crippen molar-refractivity contribution in [2.24, 2.45) is 7.05 Å². The fourth-order valence-corrected chi connectivity index (χ4v) is 3.57. The standard InChI is InChI=1S/C18H20F5N5O5S/c1-5-34(31,32)11-6-7-12(27(3)16(30)24-2)26-13(11)14-25-8-10(15(29)28(14)4)33-9-17(19,20)18(21,22)23/h6-8H,5,9H2,1-4H3,(H,24,30). The van der Waals surface area contributed by atoms with Crippen molar-refractivity contribution in [3.63, 3.8) is 0 Å². The number of amides is 2. The molecule has 0 unspecified atom stereocenters. The maximum atomic E-state index is 13.1. The van der Waals surface area contributed by atoms with E-state index < -0.39 is 45.9 Å². The highest BCUT2D eigenvalue weighted by atomic mass is 32.2. The van der Waals surface area contributed by atoms with Gasteiger partial charge in [0.1, 0.15) is 11.5 Å². The van der Waals surface area contributed by atoms with Crippen molar-refractivity contribution < 1.29 is 39.9 Å². The first-order chi connectivity index (χ1) is 15.6. The van der Waals surface area contributed by atoms with E-state index in [9.17, 15) is 40.0 Å². The number of hydrogen-bond acceptors (Lipinski definition) is 7. The van der Waals surface area contributed by atoms with E-state index in [-0.39, 0.29) is 28.0 Å². The third-order valence-electron chi connectivity index (χ3n) is 4.59. The fraction of sp³-hybridized carbons (Fsp3) is 0.444. The molecule has 0 saturated heterocycles. The largest absolute Gasteiger partial charge is 0.480 e. The number of anilines is 1. The molecule has 0 radical (unpaired) electrons. The third-order valence-corrected chi connectivity index (χ3v) is 6.35. The van der Waals surface area contributed by atoms with Crippen LogP contribution in [0.4, 0.5) is 32.6 Å². The molecule has 0 atom stereocenters. The van der Waals surface area contributed by atoms with Gasteiger partial charge < -0.3 is 10.1 Å². The SMILES string of the molecule is CCS(=O)(=O)c1ccc(N(C)C(=O)NC)nc1-c1ncc(OCC(F)(F)C(F)(F)F)c(=O)n1C. The van der Waals surface area contributed by atoms with Crippen molar-refractivity contribution in [2.75, 3.05) is 31.4 Å². The van der Waals surface area contributed by atoms with Crippen LogP contribution >= 0.6 is 0 Å². The van der Waals surface area contributed by atoms with Gasteiger partial charge in [-0.2, -0.15) is 22.0 Å². The Morgan fingerprint density at radius 2 is 1.85 bits per heavy atom. The maximum Gasteiger partial charge on any atom is 0.456 e. The van der Waals surface area contributed by atoms with Gasteiger partial charge in [0.25, 0.3) is 5.56 Å². The molecule has 0 bridgehead atoms. The lowest BCUT2D eigenvalue weighted by atomic mass is 10.3. The molecule has 0 saturated carbocycles. The molecule has 0 spiro atoms. The normalized spacial score (nSPS) is 12.4. The van der Waals surface area contributed by atoms with Crippen molar-refractivity contribution in [3.8, 4) is 17.3 Å². The van der Waals surface area contributed by atoms with Gasteiger partial charge in [-0.15, -0.1) is 0 Å². The number of sulfone groups is 1. The molecule has 34 heavy (non-hydrogen) atoms. The van der Waals surface area contributed by atoms with E-state index in [2.05, 4.69) is 20.0 Å². The number of rotatable bonds is 7. The van der Waals surface area contributed by atoms with E-state index in [4.69, 9.17) is 0 Å². The van der Waals surface area contributed by atoms with Crippen LogP contribution in [0, 0.1) is 0 Å². The van der Waals surface area contributed by atoms with Crippen LogP contribution in [0.1, 0.15) is 6.92 Å². The quantitative estimate of drug-likeness (QED) is 0.562. The lowest BCUT2D eigenvalue weighted by Gasteiger charge is -2.20. The van der Waals surface area contributed by atoms with E-state index in [0.717, 1.165) is 18.0 Å². The number of carbonyl (C=O) groups excluding carboxylic acids is 1. The summed E-state index contributed by atoms with van der Waals surface area (Å²) < 4.78 is 93.5. The summed E-state index contributed by atoms with van der Waals surface area (Å²) in [5.74, 6) is -6.88. The number of aromatic nitrogens is 3. The molecule has 0 aromatic carbocycles. The first-order valence-corrected chi connectivity index (χ1v) is 11.1. The van der Waals surface area contributed by atoms with Crippen LogP contribution < -0.4 is 20.5 Å². The molecule has 2 amide bonds. The Balaban J connectivity index is 2.62. The van der Waals surface area contributed by atoms with Gasteiger partial charge in [-0.1, -0.05) is 6.92 Å². The Bertz CT molecular complexity index is 1250. The molecule has 2 heterocycles. The molecule has 0 aliphatic carbocycles. The molecule has 16 heteroatoms. The summed E-state index contributed by atoms with van der Waals surface area (Å²) >= 11 is 0. The average Bonchev–Trinajstić information content (AvgIpc) is 2.77. The zero-order valence-electron chi connectivity index (χ0n) is 18.3. The second kappa shape index (κ2) is 9.52. The molecule has 0 aliphatic heterocycles. The molecular formula is C18H20F5N5O5S. The van der Waals surface area contributed by atoms with Gasteiger partial charge in [0.2, 0.25) is 5.75 Å². The zero-order valence-corrected chi connectivity index (χ0v) is 19.1.